The lowest BCUT2D eigenvalue weighted by atomic mass is 10.1. The second-order valence-electron chi connectivity index (χ2n) is 7.80. The average molecular weight is 428 g/mol. The number of likely N-dealkylation sites (tertiary alicyclic amines) is 1. The molecule has 6 nitrogen and oxygen atoms in total. The van der Waals surface area contributed by atoms with Crippen LogP contribution < -0.4 is 5.32 Å². The maximum atomic E-state index is 12.7. The molecule has 0 aliphatic carbocycles. The zero-order valence-corrected chi connectivity index (χ0v) is 18.2. The van der Waals surface area contributed by atoms with Gasteiger partial charge in [0.25, 0.3) is 0 Å². The second kappa shape index (κ2) is 10.7. The molecule has 2 rings (SSSR count). The van der Waals surface area contributed by atoms with E-state index >= 15 is 0 Å². The third-order valence-electron chi connectivity index (χ3n) is 5.27. The lowest BCUT2D eigenvalue weighted by molar-refractivity contribution is -0.137. The Morgan fingerprint density at radius 3 is 2.47 bits per heavy atom. The quantitative estimate of drug-likeness (QED) is 0.413. The van der Waals surface area contributed by atoms with Gasteiger partial charge in [-0.3, -0.25) is 14.7 Å². The predicted octanol–water partition coefficient (Wildman–Crippen LogP) is 2.66. The highest BCUT2D eigenvalue weighted by Crippen LogP contribution is 2.29. The summed E-state index contributed by atoms with van der Waals surface area (Å²) >= 11 is 0. The van der Waals surface area contributed by atoms with Crippen molar-refractivity contribution in [3.63, 3.8) is 0 Å². The van der Waals surface area contributed by atoms with Crippen LogP contribution in [0.15, 0.2) is 29.3 Å². The van der Waals surface area contributed by atoms with E-state index in [1.54, 1.807) is 26.0 Å². The van der Waals surface area contributed by atoms with Crippen molar-refractivity contribution >= 4 is 11.9 Å². The molecule has 0 spiro atoms. The number of nitrogens with one attached hydrogen (secondary N) is 1. The molecule has 1 aromatic rings. The van der Waals surface area contributed by atoms with Gasteiger partial charge < -0.3 is 15.1 Å². The molecule has 0 saturated carbocycles. The summed E-state index contributed by atoms with van der Waals surface area (Å²) in [4.78, 5) is 22.3. The van der Waals surface area contributed by atoms with E-state index in [0.717, 1.165) is 50.0 Å². The SMILES string of the molecule is CN=C(NCCCN1CCCC1C(=O)N(C)C)N(C)Cc1ccc(C(F)(F)F)cc1. The molecular weight excluding hydrogens is 395 g/mol. The first-order valence-corrected chi connectivity index (χ1v) is 10.2. The predicted molar refractivity (Wildman–Crippen MR) is 112 cm³/mol. The van der Waals surface area contributed by atoms with Gasteiger partial charge in [0, 0.05) is 47.8 Å². The van der Waals surface area contributed by atoms with Crippen molar-refractivity contribution in [3.05, 3.63) is 35.4 Å². The van der Waals surface area contributed by atoms with E-state index in [1.165, 1.54) is 12.1 Å². The van der Waals surface area contributed by atoms with E-state index < -0.39 is 11.7 Å². The number of carbonyl (C=O) groups excluding carboxylic acids is 1. The van der Waals surface area contributed by atoms with Crippen LogP contribution in [0.2, 0.25) is 0 Å². The molecule has 1 atom stereocenters. The number of carbonyl (C=O) groups is 1. The number of rotatable bonds is 7. The van der Waals surface area contributed by atoms with Gasteiger partial charge in [-0.05, 0) is 43.5 Å². The number of hydrogen-bond donors (Lipinski definition) is 1. The Bertz CT molecular complexity index is 718. The summed E-state index contributed by atoms with van der Waals surface area (Å²) in [5.74, 6) is 0.838. The van der Waals surface area contributed by atoms with E-state index in [9.17, 15) is 18.0 Å². The minimum Gasteiger partial charge on any atom is -0.356 e. The molecule has 1 aromatic carbocycles. The first-order chi connectivity index (χ1) is 14.1. The topological polar surface area (TPSA) is 51.2 Å². The van der Waals surface area contributed by atoms with Gasteiger partial charge in [0.1, 0.15) is 0 Å². The molecular formula is C21H32F3N5O. The standard InChI is InChI=1S/C21H32F3N5O/c1-25-20(28(4)15-16-8-10-17(11-9-16)21(22,23)24)26-12-6-14-29-13-5-7-18(29)19(30)27(2)3/h8-11,18H,5-7,12-15H2,1-4H3,(H,25,26). The van der Waals surface area contributed by atoms with E-state index in [4.69, 9.17) is 0 Å². The smallest absolute Gasteiger partial charge is 0.356 e. The maximum Gasteiger partial charge on any atom is 0.416 e. The van der Waals surface area contributed by atoms with Gasteiger partial charge in [0.15, 0.2) is 5.96 Å². The molecule has 1 unspecified atom stereocenters. The van der Waals surface area contributed by atoms with Gasteiger partial charge in [-0.2, -0.15) is 13.2 Å². The van der Waals surface area contributed by atoms with E-state index in [-0.39, 0.29) is 11.9 Å². The van der Waals surface area contributed by atoms with Crippen molar-refractivity contribution in [3.8, 4) is 0 Å². The van der Waals surface area contributed by atoms with Crippen LogP contribution in [0.5, 0.6) is 0 Å². The second-order valence-corrected chi connectivity index (χ2v) is 7.80. The molecule has 1 heterocycles. The summed E-state index contributed by atoms with van der Waals surface area (Å²) in [5, 5.41) is 3.29. The summed E-state index contributed by atoms with van der Waals surface area (Å²) in [6.45, 7) is 2.91. The number of alkyl halides is 3. The highest BCUT2D eigenvalue weighted by atomic mass is 19.4. The fraction of sp³-hybridized carbons (Fsp3) is 0.619. The van der Waals surface area contributed by atoms with Crippen LogP contribution in [0.4, 0.5) is 13.2 Å². The number of nitrogens with zero attached hydrogens (tertiary/aromatic N) is 4. The fourth-order valence-corrected chi connectivity index (χ4v) is 3.69. The van der Waals surface area contributed by atoms with Gasteiger partial charge in [0.05, 0.1) is 11.6 Å². The summed E-state index contributed by atoms with van der Waals surface area (Å²) in [5.41, 5.74) is 0.125. The molecule has 1 aliphatic heterocycles. The summed E-state index contributed by atoms with van der Waals surface area (Å²) in [6, 6.07) is 5.15. The summed E-state index contributed by atoms with van der Waals surface area (Å²) < 4.78 is 38.1. The van der Waals surface area contributed by atoms with Crippen molar-refractivity contribution in [2.45, 2.75) is 38.0 Å². The normalized spacial score (nSPS) is 17.8. The Hall–Kier alpha value is -2.29. The van der Waals surface area contributed by atoms with Crippen molar-refractivity contribution in [2.75, 3.05) is 47.8 Å². The Labute approximate surface area is 176 Å². The zero-order valence-electron chi connectivity index (χ0n) is 18.2. The van der Waals surface area contributed by atoms with Crippen LogP contribution in [0.3, 0.4) is 0 Å². The minimum atomic E-state index is -4.33. The maximum absolute atomic E-state index is 12.7. The third-order valence-corrected chi connectivity index (χ3v) is 5.27. The van der Waals surface area contributed by atoms with Crippen LogP contribution in [0.1, 0.15) is 30.4 Å². The average Bonchev–Trinajstić information content (AvgIpc) is 3.15. The minimum absolute atomic E-state index is 0.0262. The number of aliphatic imine (C=N–C) groups is 1. The van der Waals surface area contributed by atoms with Crippen LogP contribution >= 0.6 is 0 Å². The van der Waals surface area contributed by atoms with Crippen LogP contribution in [-0.4, -0.2) is 80.4 Å². The number of amides is 1. The van der Waals surface area contributed by atoms with Crippen molar-refractivity contribution in [1.82, 2.24) is 20.0 Å². The molecule has 9 heteroatoms. The molecule has 0 radical (unpaired) electrons. The Kier molecular flexibility index (Phi) is 8.52. The Morgan fingerprint density at radius 2 is 1.90 bits per heavy atom. The monoisotopic (exact) mass is 427 g/mol. The van der Waals surface area contributed by atoms with Gasteiger partial charge in [-0.15, -0.1) is 0 Å². The third kappa shape index (κ3) is 6.62. The van der Waals surface area contributed by atoms with Crippen molar-refractivity contribution in [2.24, 2.45) is 4.99 Å². The first-order valence-electron chi connectivity index (χ1n) is 10.2. The molecule has 1 amide bonds. The van der Waals surface area contributed by atoms with E-state index in [2.05, 4.69) is 15.2 Å². The number of guanidine groups is 1. The lowest BCUT2D eigenvalue weighted by Gasteiger charge is -2.26. The molecule has 0 bridgehead atoms. The van der Waals surface area contributed by atoms with Crippen LogP contribution in [0.25, 0.3) is 0 Å². The molecule has 30 heavy (non-hydrogen) atoms. The lowest BCUT2D eigenvalue weighted by Crippen LogP contribution is -2.44. The highest BCUT2D eigenvalue weighted by molar-refractivity contribution is 5.81. The van der Waals surface area contributed by atoms with Gasteiger partial charge in [0.2, 0.25) is 5.91 Å². The van der Waals surface area contributed by atoms with Crippen LogP contribution in [-0.2, 0) is 17.5 Å². The van der Waals surface area contributed by atoms with Gasteiger partial charge >= 0.3 is 6.18 Å². The van der Waals surface area contributed by atoms with Crippen molar-refractivity contribution < 1.29 is 18.0 Å². The number of hydrogen-bond acceptors (Lipinski definition) is 3. The Morgan fingerprint density at radius 1 is 1.23 bits per heavy atom. The molecule has 1 N–H and O–H groups in total. The first kappa shape index (κ1) is 24.0. The van der Waals surface area contributed by atoms with Gasteiger partial charge in [-0.25, -0.2) is 0 Å². The van der Waals surface area contributed by atoms with Crippen molar-refractivity contribution in [1.29, 1.82) is 0 Å². The van der Waals surface area contributed by atoms with Gasteiger partial charge in [-0.1, -0.05) is 12.1 Å². The summed E-state index contributed by atoms with van der Waals surface area (Å²) in [6.07, 6.45) is -1.52. The molecule has 1 saturated heterocycles. The number of benzene rings is 1. The van der Waals surface area contributed by atoms with E-state index in [1.807, 2.05) is 11.9 Å². The highest BCUT2D eigenvalue weighted by Gasteiger charge is 2.31. The zero-order chi connectivity index (χ0) is 22.3. The summed E-state index contributed by atoms with van der Waals surface area (Å²) in [7, 11) is 7.10. The van der Waals surface area contributed by atoms with Crippen LogP contribution in [0, 0.1) is 0 Å². The number of likely N-dealkylation sites (N-methyl/N-ethyl adjacent to an activating group) is 1. The largest absolute Gasteiger partial charge is 0.416 e. The molecule has 0 aromatic heterocycles. The number of halogens is 3. The molecule has 1 aliphatic rings. The molecule has 1 fully saturated rings. The fourth-order valence-electron chi connectivity index (χ4n) is 3.69. The van der Waals surface area contributed by atoms with E-state index in [0.29, 0.717) is 19.0 Å². The Balaban J connectivity index is 1.79. The molecule has 168 valence electrons.